The Balaban J connectivity index is 2.11. The summed E-state index contributed by atoms with van der Waals surface area (Å²) in [6.45, 7) is 0. The van der Waals surface area contributed by atoms with Crippen LogP contribution in [0, 0.1) is 0 Å². The number of fused-ring (bicyclic) bond motifs is 1. The molecule has 0 unspecified atom stereocenters. The third-order valence-electron chi connectivity index (χ3n) is 1.70. The molecule has 2 heterocycles. The normalized spacial score (nSPS) is 10.7. The Morgan fingerprint density at radius 2 is 2.40 bits per heavy atom. The Morgan fingerprint density at radius 1 is 1.53 bits per heavy atom. The molecule has 0 saturated heterocycles. The van der Waals surface area contributed by atoms with Crippen molar-refractivity contribution in [2.24, 2.45) is 0 Å². The third kappa shape index (κ3) is 2.24. The largest absolute Gasteiger partial charge is 0.481 e. The van der Waals surface area contributed by atoms with E-state index in [2.05, 4.69) is 15.3 Å². The fourth-order valence-corrected chi connectivity index (χ4v) is 1.75. The average Bonchev–Trinajstić information content (AvgIpc) is 2.62. The Morgan fingerprint density at radius 3 is 3.20 bits per heavy atom. The van der Waals surface area contributed by atoms with Crippen LogP contribution in [0.25, 0.3) is 5.65 Å². The van der Waals surface area contributed by atoms with E-state index in [4.69, 9.17) is 5.11 Å². The summed E-state index contributed by atoms with van der Waals surface area (Å²) in [5, 5.41) is 20.4. The number of carboxylic acid groups (broad SMARTS) is 1. The van der Waals surface area contributed by atoms with Crippen LogP contribution < -0.4 is 0 Å². The lowest BCUT2D eigenvalue weighted by Gasteiger charge is -1.96. The van der Waals surface area contributed by atoms with Crippen molar-refractivity contribution in [3.8, 4) is 0 Å². The zero-order valence-corrected chi connectivity index (χ0v) is 8.52. The molecule has 0 bridgehead atoms. The highest BCUT2D eigenvalue weighted by Crippen LogP contribution is 2.10. The van der Waals surface area contributed by atoms with Crippen LogP contribution in [0.3, 0.4) is 0 Å². The van der Waals surface area contributed by atoms with Gasteiger partial charge in [0.05, 0.1) is 11.5 Å². The van der Waals surface area contributed by atoms with Crippen LogP contribution in [0.15, 0.2) is 18.3 Å². The van der Waals surface area contributed by atoms with Crippen molar-refractivity contribution < 1.29 is 9.90 Å². The zero-order chi connectivity index (χ0) is 10.7. The highest BCUT2D eigenvalue weighted by molar-refractivity contribution is 7.99. The van der Waals surface area contributed by atoms with Crippen LogP contribution in [0.4, 0.5) is 0 Å². The molecule has 0 aliphatic carbocycles. The first-order chi connectivity index (χ1) is 7.27. The Hall–Kier alpha value is -1.63. The SMILES string of the molecule is O=C(O)CSCc1nnc2cccnn12. The first kappa shape index (κ1) is 9.91. The Bertz CT molecular complexity index is 484. The lowest BCUT2D eigenvalue weighted by molar-refractivity contribution is -0.133. The van der Waals surface area contributed by atoms with Crippen LogP contribution in [0.2, 0.25) is 0 Å². The van der Waals surface area contributed by atoms with Gasteiger partial charge in [0.1, 0.15) is 0 Å². The van der Waals surface area contributed by atoms with Gasteiger partial charge in [-0.25, -0.2) is 0 Å². The van der Waals surface area contributed by atoms with Crippen molar-refractivity contribution in [2.75, 3.05) is 5.75 Å². The molecule has 2 rings (SSSR count). The van der Waals surface area contributed by atoms with E-state index in [0.717, 1.165) is 0 Å². The number of nitrogens with zero attached hydrogens (tertiary/aromatic N) is 4. The van der Waals surface area contributed by atoms with Crippen molar-refractivity contribution in [1.82, 2.24) is 19.8 Å². The van der Waals surface area contributed by atoms with Gasteiger partial charge in [-0.1, -0.05) is 0 Å². The lowest BCUT2D eigenvalue weighted by atomic mass is 10.5. The molecule has 1 N–H and O–H groups in total. The average molecular weight is 224 g/mol. The molecule has 0 aromatic carbocycles. The van der Waals surface area contributed by atoms with Crippen LogP contribution in [0.5, 0.6) is 0 Å². The van der Waals surface area contributed by atoms with Crippen molar-refractivity contribution in [1.29, 1.82) is 0 Å². The number of hydrogen-bond donors (Lipinski definition) is 1. The molecule has 0 amide bonds. The van der Waals surface area contributed by atoms with Crippen molar-refractivity contribution in [2.45, 2.75) is 5.75 Å². The highest BCUT2D eigenvalue weighted by Gasteiger charge is 2.06. The Labute approximate surface area is 89.3 Å². The fraction of sp³-hybridized carbons (Fsp3) is 0.250. The van der Waals surface area contributed by atoms with E-state index in [-0.39, 0.29) is 5.75 Å². The van der Waals surface area contributed by atoms with Crippen molar-refractivity contribution in [3.05, 3.63) is 24.2 Å². The second-order valence-electron chi connectivity index (χ2n) is 2.80. The summed E-state index contributed by atoms with van der Waals surface area (Å²) in [4.78, 5) is 10.3. The van der Waals surface area contributed by atoms with Gasteiger partial charge < -0.3 is 5.11 Å². The van der Waals surface area contributed by atoms with Gasteiger partial charge in [-0.15, -0.1) is 22.0 Å². The number of thioether (sulfide) groups is 1. The van der Waals surface area contributed by atoms with Gasteiger partial charge in [0.2, 0.25) is 0 Å². The highest BCUT2D eigenvalue weighted by atomic mass is 32.2. The van der Waals surface area contributed by atoms with E-state index in [1.54, 1.807) is 22.8 Å². The van der Waals surface area contributed by atoms with Gasteiger partial charge in [0.25, 0.3) is 0 Å². The zero-order valence-electron chi connectivity index (χ0n) is 7.70. The third-order valence-corrected chi connectivity index (χ3v) is 2.61. The summed E-state index contributed by atoms with van der Waals surface area (Å²) in [6.07, 6.45) is 1.64. The van der Waals surface area contributed by atoms with E-state index in [9.17, 15) is 4.79 Å². The maximum Gasteiger partial charge on any atom is 0.313 e. The summed E-state index contributed by atoms with van der Waals surface area (Å²) in [6, 6.07) is 3.57. The van der Waals surface area contributed by atoms with E-state index >= 15 is 0 Å². The first-order valence-electron chi connectivity index (χ1n) is 4.22. The summed E-state index contributed by atoms with van der Waals surface area (Å²) >= 11 is 1.27. The van der Waals surface area contributed by atoms with Crippen LogP contribution in [0.1, 0.15) is 5.82 Å². The van der Waals surface area contributed by atoms with E-state index in [0.29, 0.717) is 17.2 Å². The van der Waals surface area contributed by atoms with E-state index in [1.165, 1.54) is 11.8 Å². The molecule has 78 valence electrons. The predicted octanol–water partition coefficient (Wildman–Crippen LogP) is 0.442. The van der Waals surface area contributed by atoms with Gasteiger partial charge in [0, 0.05) is 6.20 Å². The molecule has 0 aliphatic heterocycles. The predicted molar refractivity (Wildman–Crippen MR) is 54.6 cm³/mol. The number of hydrogen-bond acceptors (Lipinski definition) is 5. The molecule has 2 aromatic heterocycles. The van der Waals surface area contributed by atoms with Gasteiger partial charge in [-0.05, 0) is 12.1 Å². The summed E-state index contributed by atoms with van der Waals surface area (Å²) < 4.78 is 1.61. The summed E-state index contributed by atoms with van der Waals surface area (Å²) in [5.74, 6) is 0.380. The van der Waals surface area contributed by atoms with Gasteiger partial charge in [0.15, 0.2) is 11.5 Å². The van der Waals surface area contributed by atoms with Gasteiger partial charge in [-0.2, -0.15) is 9.61 Å². The molecular formula is C8H8N4O2S. The number of aromatic nitrogens is 4. The first-order valence-corrected chi connectivity index (χ1v) is 5.37. The molecule has 15 heavy (non-hydrogen) atoms. The minimum absolute atomic E-state index is 0.0573. The molecule has 0 radical (unpaired) electrons. The standard InChI is InChI=1S/C8H8N4O2S/c13-8(14)5-15-4-7-11-10-6-2-1-3-9-12(6)7/h1-3H,4-5H2,(H,13,14). The van der Waals surface area contributed by atoms with Crippen molar-refractivity contribution >= 4 is 23.4 Å². The molecule has 0 fully saturated rings. The number of carboxylic acids is 1. The molecule has 0 saturated carbocycles. The topological polar surface area (TPSA) is 80.4 Å². The molecule has 7 heteroatoms. The monoisotopic (exact) mass is 224 g/mol. The molecular weight excluding hydrogens is 216 g/mol. The van der Waals surface area contributed by atoms with Crippen LogP contribution in [-0.2, 0) is 10.5 Å². The smallest absolute Gasteiger partial charge is 0.313 e. The number of carbonyl (C=O) groups is 1. The lowest BCUT2D eigenvalue weighted by Crippen LogP contribution is -2.01. The molecule has 0 atom stereocenters. The molecule has 0 aliphatic rings. The minimum atomic E-state index is -0.832. The quantitative estimate of drug-likeness (QED) is 0.811. The minimum Gasteiger partial charge on any atom is -0.481 e. The van der Waals surface area contributed by atoms with Crippen LogP contribution >= 0.6 is 11.8 Å². The van der Waals surface area contributed by atoms with Gasteiger partial charge in [-0.3, -0.25) is 4.79 Å². The second kappa shape index (κ2) is 4.26. The van der Waals surface area contributed by atoms with Crippen LogP contribution in [-0.4, -0.2) is 36.6 Å². The van der Waals surface area contributed by atoms with Crippen molar-refractivity contribution in [3.63, 3.8) is 0 Å². The maximum absolute atomic E-state index is 10.3. The summed E-state index contributed by atoms with van der Waals surface area (Å²) in [5.41, 5.74) is 0.670. The van der Waals surface area contributed by atoms with E-state index < -0.39 is 5.97 Å². The summed E-state index contributed by atoms with van der Waals surface area (Å²) in [7, 11) is 0. The Kier molecular flexibility index (Phi) is 2.82. The second-order valence-corrected chi connectivity index (χ2v) is 3.78. The number of rotatable bonds is 4. The fourth-order valence-electron chi connectivity index (χ4n) is 1.11. The molecule has 2 aromatic rings. The number of aliphatic carboxylic acids is 1. The van der Waals surface area contributed by atoms with E-state index in [1.807, 2.05) is 0 Å². The van der Waals surface area contributed by atoms with Gasteiger partial charge >= 0.3 is 5.97 Å². The maximum atomic E-state index is 10.3. The molecule has 6 nitrogen and oxygen atoms in total. The molecule has 0 spiro atoms.